The van der Waals surface area contributed by atoms with Crippen LogP contribution in [0.25, 0.3) is 0 Å². The maximum atomic E-state index is 11.2. The molecule has 0 aliphatic carbocycles. The molecular formula is C9H13NO2S2. The van der Waals surface area contributed by atoms with Crippen LogP contribution in [0, 0.1) is 0 Å². The lowest BCUT2D eigenvalue weighted by atomic mass is 10.3. The molecule has 14 heavy (non-hydrogen) atoms. The topological polar surface area (TPSA) is 52.3 Å². The van der Waals surface area contributed by atoms with Crippen molar-refractivity contribution < 1.29 is 9.53 Å². The van der Waals surface area contributed by atoms with Crippen LogP contribution in [-0.2, 0) is 0 Å². The maximum absolute atomic E-state index is 11.2. The normalized spacial score (nSPS) is 10.2. The summed E-state index contributed by atoms with van der Waals surface area (Å²) in [7, 11) is 1.57. The Hall–Kier alpha value is -0.680. The summed E-state index contributed by atoms with van der Waals surface area (Å²) in [6.07, 6.45) is 0. The first-order valence-electron chi connectivity index (χ1n) is 4.21. The van der Waals surface area contributed by atoms with Crippen LogP contribution < -0.4 is 10.5 Å². The number of hydrogen-bond donors (Lipinski definition) is 1. The molecule has 0 unspecified atom stereocenters. The van der Waals surface area contributed by atoms with Gasteiger partial charge in [0.05, 0.1) is 17.7 Å². The molecule has 0 aromatic carbocycles. The lowest BCUT2D eigenvalue weighted by Gasteiger charge is -2.00. The number of nitrogens with two attached hydrogens (primary N) is 1. The summed E-state index contributed by atoms with van der Waals surface area (Å²) in [5, 5.41) is 0. The molecule has 1 rings (SSSR count). The van der Waals surface area contributed by atoms with Gasteiger partial charge in [0.2, 0.25) is 0 Å². The highest BCUT2D eigenvalue weighted by atomic mass is 32.2. The van der Waals surface area contributed by atoms with Gasteiger partial charge in [-0.2, -0.15) is 0 Å². The molecule has 3 nitrogen and oxygen atoms in total. The predicted octanol–water partition coefficient (Wildman–Crippen LogP) is 2.65. The van der Waals surface area contributed by atoms with E-state index in [-0.39, 0.29) is 5.78 Å². The van der Waals surface area contributed by atoms with Crippen molar-refractivity contribution in [2.45, 2.75) is 18.1 Å². The number of thiophene rings is 1. The van der Waals surface area contributed by atoms with E-state index in [9.17, 15) is 4.79 Å². The van der Waals surface area contributed by atoms with E-state index in [1.165, 1.54) is 18.3 Å². The van der Waals surface area contributed by atoms with E-state index in [2.05, 4.69) is 0 Å². The van der Waals surface area contributed by atoms with Crippen molar-refractivity contribution >= 4 is 34.6 Å². The zero-order valence-electron chi connectivity index (χ0n) is 8.42. The van der Waals surface area contributed by atoms with Gasteiger partial charge in [-0.15, -0.1) is 23.1 Å². The number of nitrogen functional groups attached to an aromatic ring is 1. The van der Waals surface area contributed by atoms with Crippen molar-refractivity contribution in [1.82, 2.24) is 0 Å². The number of hydrogen-bond acceptors (Lipinski definition) is 5. The molecule has 0 saturated heterocycles. The van der Waals surface area contributed by atoms with Crippen LogP contribution in [0.3, 0.4) is 0 Å². The van der Waals surface area contributed by atoms with Crippen molar-refractivity contribution in [2.24, 2.45) is 0 Å². The van der Waals surface area contributed by atoms with Crippen LogP contribution in [0.2, 0.25) is 0 Å². The highest BCUT2D eigenvalue weighted by molar-refractivity contribution is 8.01. The Morgan fingerprint density at radius 1 is 1.64 bits per heavy atom. The van der Waals surface area contributed by atoms with Gasteiger partial charge in [-0.05, 0) is 5.75 Å². The lowest BCUT2D eigenvalue weighted by molar-refractivity contribution is 0.102. The fourth-order valence-electron chi connectivity index (χ4n) is 1.09. The summed E-state index contributed by atoms with van der Waals surface area (Å²) in [5.74, 6) is 1.58. The minimum absolute atomic E-state index is 0.00578. The minimum Gasteiger partial charge on any atom is -0.492 e. The van der Waals surface area contributed by atoms with Gasteiger partial charge in [-0.1, -0.05) is 6.92 Å². The second-order valence-electron chi connectivity index (χ2n) is 2.65. The molecule has 0 amide bonds. The summed E-state index contributed by atoms with van der Waals surface area (Å²) < 4.78 is 6.16. The molecule has 5 heteroatoms. The Labute approximate surface area is 91.6 Å². The summed E-state index contributed by atoms with van der Waals surface area (Å²) in [6, 6.07) is 0. The minimum atomic E-state index is -0.00578. The molecule has 0 bridgehead atoms. The molecule has 0 spiro atoms. The van der Waals surface area contributed by atoms with Crippen LogP contribution in [-0.4, -0.2) is 18.6 Å². The van der Waals surface area contributed by atoms with Crippen LogP contribution in [0.4, 0.5) is 5.69 Å². The predicted molar refractivity (Wildman–Crippen MR) is 61.7 cm³/mol. The highest BCUT2D eigenvalue weighted by Gasteiger charge is 2.18. The third-order valence-corrected chi connectivity index (χ3v) is 4.09. The average molecular weight is 231 g/mol. The first-order valence-corrected chi connectivity index (χ1v) is 6.02. The molecule has 78 valence electrons. The van der Waals surface area contributed by atoms with Gasteiger partial charge in [-0.3, -0.25) is 4.79 Å². The Kier molecular flexibility index (Phi) is 3.83. The van der Waals surface area contributed by atoms with Gasteiger partial charge in [0, 0.05) is 6.92 Å². The Morgan fingerprint density at radius 2 is 2.29 bits per heavy atom. The van der Waals surface area contributed by atoms with Gasteiger partial charge < -0.3 is 10.5 Å². The molecule has 0 aliphatic heterocycles. The molecule has 0 fully saturated rings. The van der Waals surface area contributed by atoms with E-state index in [4.69, 9.17) is 10.5 Å². The van der Waals surface area contributed by atoms with Crippen molar-refractivity contribution in [1.29, 1.82) is 0 Å². The number of rotatable bonds is 4. The average Bonchev–Trinajstić information content (AvgIpc) is 2.43. The van der Waals surface area contributed by atoms with E-state index in [1.807, 2.05) is 6.92 Å². The van der Waals surface area contributed by atoms with Gasteiger partial charge in [0.1, 0.15) is 4.21 Å². The first-order chi connectivity index (χ1) is 6.61. The third kappa shape index (κ3) is 2.04. The second-order valence-corrected chi connectivity index (χ2v) is 5.21. The van der Waals surface area contributed by atoms with Gasteiger partial charge in [-0.25, -0.2) is 0 Å². The number of Topliss-reactive ketones (excluding diaryl/α,β-unsaturated/α-hetero) is 1. The first kappa shape index (κ1) is 11.4. The number of carbonyl (C=O) groups excluding carboxylic acids is 1. The molecule has 1 aromatic heterocycles. The quantitative estimate of drug-likeness (QED) is 0.639. The number of thioether (sulfide) groups is 1. The van der Waals surface area contributed by atoms with Gasteiger partial charge in [0.25, 0.3) is 0 Å². The third-order valence-electron chi connectivity index (χ3n) is 1.67. The molecule has 2 N–H and O–H groups in total. The summed E-state index contributed by atoms with van der Waals surface area (Å²) >= 11 is 3.05. The van der Waals surface area contributed by atoms with E-state index in [1.54, 1.807) is 18.9 Å². The summed E-state index contributed by atoms with van der Waals surface area (Å²) in [6.45, 7) is 3.56. The van der Waals surface area contributed by atoms with E-state index >= 15 is 0 Å². The molecule has 1 heterocycles. The van der Waals surface area contributed by atoms with Crippen molar-refractivity contribution in [2.75, 3.05) is 18.6 Å². The zero-order chi connectivity index (χ0) is 10.7. The Balaban J connectivity index is 3.17. The molecule has 0 atom stereocenters. The van der Waals surface area contributed by atoms with Crippen LogP contribution >= 0.6 is 23.1 Å². The van der Waals surface area contributed by atoms with Crippen molar-refractivity contribution in [3.63, 3.8) is 0 Å². The van der Waals surface area contributed by atoms with E-state index < -0.39 is 0 Å². The van der Waals surface area contributed by atoms with Crippen molar-refractivity contribution in [3.8, 4) is 5.75 Å². The van der Waals surface area contributed by atoms with Crippen LogP contribution in [0.5, 0.6) is 5.75 Å². The number of ketones is 1. The van der Waals surface area contributed by atoms with Crippen LogP contribution in [0.1, 0.15) is 23.5 Å². The number of carbonyl (C=O) groups is 1. The summed E-state index contributed by atoms with van der Waals surface area (Å²) in [4.78, 5) is 11.8. The van der Waals surface area contributed by atoms with Gasteiger partial charge in [0.15, 0.2) is 11.5 Å². The molecule has 1 aromatic rings. The summed E-state index contributed by atoms with van der Waals surface area (Å²) in [5.41, 5.74) is 6.27. The largest absolute Gasteiger partial charge is 0.492 e. The zero-order valence-corrected chi connectivity index (χ0v) is 10.1. The smallest absolute Gasteiger partial charge is 0.171 e. The Bertz CT molecular complexity index is 347. The van der Waals surface area contributed by atoms with Crippen molar-refractivity contribution in [3.05, 3.63) is 4.88 Å². The second kappa shape index (κ2) is 4.70. The van der Waals surface area contributed by atoms with E-state index in [0.717, 1.165) is 9.96 Å². The Morgan fingerprint density at radius 3 is 2.71 bits per heavy atom. The molecule has 0 radical (unpaired) electrons. The molecule has 0 saturated carbocycles. The monoisotopic (exact) mass is 231 g/mol. The SMILES string of the molecule is CCSc1sc(C(C)=O)c(N)c1OC. The van der Waals surface area contributed by atoms with Crippen LogP contribution in [0.15, 0.2) is 4.21 Å². The van der Waals surface area contributed by atoms with Gasteiger partial charge >= 0.3 is 0 Å². The fourth-order valence-corrected chi connectivity index (χ4v) is 3.33. The number of methoxy groups -OCH3 is 1. The molecule has 0 aliphatic rings. The molecular weight excluding hydrogens is 218 g/mol. The highest BCUT2D eigenvalue weighted by Crippen LogP contribution is 2.44. The number of ether oxygens (including phenoxy) is 1. The number of anilines is 1. The standard InChI is InChI=1S/C9H13NO2S2/c1-4-13-9-7(12-3)6(10)8(14-9)5(2)11/h4,10H2,1-3H3. The maximum Gasteiger partial charge on any atom is 0.171 e. The fraction of sp³-hybridized carbons (Fsp3) is 0.444. The lowest BCUT2D eigenvalue weighted by Crippen LogP contribution is -1.95. The van der Waals surface area contributed by atoms with E-state index in [0.29, 0.717) is 16.3 Å².